The highest BCUT2D eigenvalue weighted by Crippen LogP contribution is 2.39. The zero-order chi connectivity index (χ0) is 15.6. The third-order valence-electron chi connectivity index (χ3n) is 4.32. The number of carbonyl (C=O) groups is 2. The molecule has 1 aliphatic carbocycles. The first-order chi connectivity index (χ1) is 9.78. The van der Waals surface area contributed by atoms with Gasteiger partial charge in [0.15, 0.2) is 0 Å². The summed E-state index contributed by atoms with van der Waals surface area (Å²) in [6, 6.07) is -0.772. The van der Waals surface area contributed by atoms with Gasteiger partial charge in [-0.05, 0) is 25.2 Å². The van der Waals surface area contributed by atoms with Crippen LogP contribution in [0.15, 0.2) is 0 Å². The summed E-state index contributed by atoms with van der Waals surface area (Å²) in [4.78, 5) is 24.5. The summed E-state index contributed by atoms with van der Waals surface area (Å²) in [5.41, 5.74) is 0. The van der Waals surface area contributed by atoms with Crippen molar-refractivity contribution in [2.75, 3.05) is 13.1 Å². The fraction of sp³-hybridized carbons (Fsp3) is 0.846. The molecule has 1 aliphatic heterocycles. The lowest BCUT2D eigenvalue weighted by molar-refractivity contribution is -0.145. The van der Waals surface area contributed by atoms with Crippen LogP contribution in [0, 0.1) is 5.92 Å². The summed E-state index contributed by atoms with van der Waals surface area (Å²) in [7, 11) is 0. The summed E-state index contributed by atoms with van der Waals surface area (Å²) in [6.45, 7) is -1.67. The van der Waals surface area contributed by atoms with Crippen LogP contribution in [0.5, 0.6) is 0 Å². The summed E-state index contributed by atoms with van der Waals surface area (Å²) < 4.78 is 36.2. The molecule has 3 atom stereocenters. The van der Waals surface area contributed by atoms with Crippen molar-refractivity contribution in [2.45, 2.75) is 50.4 Å². The second-order valence-electron chi connectivity index (χ2n) is 5.77. The van der Waals surface area contributed by atoms with E-state index in [2.05, 4.69) is 0 Å². The highest BCUT2D eigenvalue weighted by Gasteiger charge is 2.45. The average molecular weight is 308 g/mol. The number of hydrogen-bond donors (Lipinski definition) is 2. The Morgan fingerprint density at radius 3 is 2.52 bits per heavy atom. The zero-order valence-corrected chi connectivity index (χ0v) is 11.5. The van der Waals surface area contributed by atoms with Crippen LogP contribution in [0.3, 0.4) is 0 Å². The Bertz CT molecular complexity index is 414. The van der Waals surface area contributed by atoms with Crippen LogP contribution in [-0.4, -0.2) is 53.2 Å². The Balaban J connectivity index is 1.97. The minimum atomic E-state index is -4.46. The molecule has 21 heavy (non-hydrogen) atoms. The molecule has 1 amide bonds. The molecule has 0 aromatic heterocycles. The van der Waals surface area contributed by atoms with Crippen molar-refractivity contribution in [1.82, 2.24) is 10.2 Å². The molecule has 1 heterocycles. The smallest absolute Gasteiger partial charge is 0.405 e. The van der Waals surface area contributed by atoms with Crippen molar-refractivity contribution in [3.63, 3.8) is 0 Å². The van der Waals surface area contributed by atoms with Crippen LogP contribution in [0.2, 0.25) is 0 Å². The van der Waals surface area contributed by atoms with Gasteiger partial charge in [-0.15, -0.1) is 0 Å². The van der Waals surface area contributed by atoms with Gasteiger partial charge in [0.2, 0.25) is 5.91 Å². The van der Waals surface area contributed by atoms with Gasteiger partial charge >= 0.3 is 12.1 Å². The monoisotopic (exact) mass is 308 g/mol. The van der Waals surface area contributed by atoms with Gasteiger partial charge in [0.05, 0.1) is 6.54 Å². The molecule has 1 saturated carbocycles. The Kier molecular flexibility index (Phi) is 4.75. The predicted octanol–water partition coefficient (Wildman–Crippen LogP) is 1.38. The second-order valence-corrected chi connectivity index (χ2v) is 5.77. The van der Waals surface area contributed by atoms with Gasteiger partial charge < -0.3 is 10.4 Å². The molecule has 0 radical (unpaired) electrons. The summed E-state index contributed by atoms with van der Waals surface area (Å²) in [5.74, 6) is -1.55. The number of nitrogens with zero attached hydrogens (tertiary/aromatic N) is 1. The molecule has 0 aromatic rings. The number of hydrogen-bond acceptors (Lipinski definition) is 3. The van der Waals surface area contributed by atoms with Crippen LogP contribution >= 0.6 is 0 Å². The number of alkyl halides is 3. The van der Waals surface area contributed by atoms with Crippen molar-refractivity contribution in [3.8, 4) is 0 Å². The molecule has 2 N–H and O–H groups in total. The molecule has 0 spiro atoms. The molecule has 120 valence electrons. The van der Waals surface area contributed by atoms with Gasteiger partial charge in [0.1, 0.15) is 12.6 Å². The Morgan fingerprint density at radius 1 is 1.24 bits per heavy atom. The van der Waals surface area contributed by atoms with Crippen molar-refractivity contribution in [2.24, 2.45) is 5.92 Å². The number of likely N-dealkylation sites (tertiary alicyclic amines) is 1. The molecule has 0 unspecified atom stereocenters. The quantitative estimate of drug-likeness (QED) is 0.823. The van der Waals surface area contributed by atoms with Crippen molar-refractivity contribution in [1.29, 1.82) is 0 Å². The van der Waals surface area contributed by atoms with Gasteiger partial charge in [0.25, 0.3) is 0 Å². The molecule has 2 rings (SSSR count). The molecular weight excluding hydrogens is 289 g/mol. The number of amides is 1. The lowest BCUT2D eigenvalue weighted by atomic mass is 9.85. The summed E-state index contributed by atoms with van der Waals surface area (Å²) in [6.07, 6.45) is -0.237. The van der Waals surface area contributed by atoms with Crippen LogP contribution in [0.25, 0.3) is 0 Å². The van der Waals surface area contributed by atoms with Crippen molar-refractivity contribution >= 4 is 11.9 Å². The second kappa shape index (κ2) is 6.21. The third kappa shape index (κ3) is 4.09. The van der Waals surface area contributed by atoms with E-state index >= 15 is 0 Å². The lowest BCUT2D eigenvalue weighted by Crippen LogP contribution is -2.48. The van der Waals surface area contributed by atoms with Crippen LogP contribution in [0.4, 0.5) is 13.2 Å². The first-order valence-electron chi connectivity index (χ1n) is 7.10. The fourth-order valence-electron chi connectivity index (χ4n) is 3.44. The molecule has 8 heteroatoms. The van der Waals surface area contributed by atoms with Crippen LogP contribution in [-0.2, 0) is 9.59 Å². The molecule has 1 saturated heterocycles. The first kappa shape index (κ1) is 16.1. The summed E-state index contributed by atoms with van der Waals surface area (Å²) in [5, 5.41) is 11.1. The average Bonchev–Trinajstić information content (AvgIpc) is 2.75. The highest BCUT2D eigenvalue weighted by atomic mass is 19.4. The Hall–Kier alpha value is -1.31. The number of halogens is 3. The van der Waals surface area contributed by atoms with E-state index in [9.17, 15) is 27.9 Å². The zero-order valence-electron chi connectivity index (χ0n) is 11.5. The van der Waals surface area contributed by atoms with Crippen LogP contribution < -0.4 is 5.32 Å². The number of carboxylic acids is 1. The maximum Gasteiger partial charge on any atom is 0.405 e. The number of nitrogens with one attached hydrogen (secondary N) is 1. The van der Waals surface area contributed by atoms with E-state index in [0.717, 1.165) is 25.7 Å². The molecule has 2 fully saturated rings. The van der Waals surface area contributed by atoms with Crippen LogP contribution in [0.1, 0.15) is 32.1 Å². The minimum absolute atomic E-state index is 0.00325. The van der Waals surface area contributed by atoms with Gasteiger partial charge in [-0.25, -0.2) is 0 Å². The number of carboxylic acid groups (broad SMARTS) is 1. The maximum atomic E-state index is 12.1. The molecule has 0 aromatic carbocycles. The van der Waals surface area contributed by atoms with E-state index in [-0.39, 0.29) is 18.5 Å². The third-order valence-corrected chi connectivity index (χ3v) is 4.32. The minimum Gasteiger partial charge on any atom is -0.480 e. The van der Waals surface area contributed by atoms with E-state index < -0.39 is 30.6 Å². The molecular formula is C13H19F3N2O3. The van der Waals surface area contributed by atoms with E-state index in [4.69, 9.17) is 0 Å². The first-order valence-corrected chi connectivity index (χ1v) is 7.10. The molecule has 0 bridgehead atoms. The van der Waals surface area contributed by atoms with Crippen molar-refractivity contribution in [3.05, 3.63) is 0 Å². The van der Waals surface area contributed by atoms with Gasteiger partial charge in [-0.2, -0.15) is 13.2 Å². The SMILES string of the molecule is O=C(CN1[C@H](C(=O)O)C[C@H]2CCCC[C@@H]21)NCC(F)(F)F. The molecule has 5 nitrogen and oxygen atoms in total. The van der Waals surface area contributed by atoms with Crippen molar-refractivity contribution < 1.29 is 27.9 Å². The predicted molar refractivity (Wildman–Crippen MR) is 67.6 cm³/mol. The number of carbonyl (C=O) groups excluding carboxylic acids is 1. The van der Waals surface area contributed by atoms with E-state index in [1.165, 1.54) is 0 Å². The fourth-order valence-corrected chi connectivity index (χ4v) is 3.44. The lowest BCUT2D eigenvalue weighted by Gasteiger charge is -2.32. The van der Waals surface area contributed by atoms with E-state index in [1.54, 1.807) is 10.2 Å². The number of fused-ring (bicyclic) bond motifs is 1. The Morgan fingerprint density at radius 2 is 1.90 bits per heavy atom. The standard InChI is InChI=1S/C13H19F3N2O3/c14-13(15,16)7-17-11(19)6-18-9-4-2-1-3-8(9)5-10(18)12(20)21/h8-10H,1-7H2,(H,17,19)(H,20,21)/t8-,9+,10+/m1/s1. The van der Waals surface area contributed by atoms with Gasteiger partial charge in [-0.1, -0.05) is 12.8 Å². The Labute approximate surface area is 120 Å². The topological polar surface area (TPSA) is 69.6 Å². The number of rotatable bonds is 4. The molecule has 2 aliphatic rings. The van der Waals surface area contributed by atoms with Gasteiger partial charge in [-0.3, -0.25) is 14.5 Å². The van der Waals surface area contributed by atoms with E-state index in [0.29, 0.717) is 6.42 Å². The largest absolute Gasteiger partial charge is 0.480 e. The number of aliphatic carboxylic acids is 1. The summed E-state index contributed by atoms with van der Waals surface area (Å²) >= 11 is 0. The maximum absolute atomic E-state index is 12.1. The van der Waals surface area contributed by atoms with E-state index in [1.807, 2.05) is 0 Å². The normalized spacial score (nSPS) is 30.0. The van der Waals surface area contributed by atoms with Gasteiger partial charge in [0, 0.05) is 6.04 Å². The highest BCUT2D eigenvalue weighted by molar-refractivity contribution is 5.80.